The first kappa shape index (κ1) is 23.3. The fourth-order valence-corrected chi connectivity index (χ4v) is 3.58. The summed E-state index contributed by atoms with van der Waals surface area (Å²) in [5, 5.41) is 3.35. The Balaban J connectivity index is 1.35. The number of fused-ring (bicyclic) bond motifs is 1. The van der Waals surface area contributed by atoms with Crippen molar-refractivity contribution in [2.75, 3.05) is 26.4 Å². The van der Waals surface area contributed by atoms with E-state index in [0.717, 1.165) is 5.56 Å². The minimum absolute atomic E-state index is 0.0800. The molecule has 4 rings (SSSR count). The molecule has 0 saturated heterocycles. The topological polar surface area (TPSA) is 90.9 Å². The van der Waals surface area contributed by atoms with E-state index in [-0.39, 0.29) is 16.9 Å². The zero-order valence-electron chi connectivity index (χ0n) is 18.2. The Bertz CT molecular complexity index is 1210. The molecule has 34 heavy (non-hydrogen) atoms. The van der Waals surface area contributed by atoms with Crippen LogP contribution in [0.1, 0.15) is 31.8 Å². The van der Waals surface area contributed by atoms with Crippen molar-refractivity contribution in [3.05, 3.63) is 94.0 Å². The Labute approximate surface area is 201 Å². The molecule has 8 heteroatoms. The second-order valence-electron chi connectivity index (χ2n) is 7.54. The number of amides is 1. The normalized spacial score (nSPS) is 12.0. The molecule has 1 amide bonds. The van der Waals surface area contributed by atoms with Crippen molar-refractivity contribution in [1.29, 1.82) is 0 Å². The standard InChI is InChI=1S/C26H22ClNO6/c27-19-8-5-17(6-9-19)11-12-28-24(29)16-34-26(31)21-4-2-1-3-20(21)25(30)18-7-10-22-23(15-18)33-14-13-32-22/h1-10,15H,11-14,16H2,(H,28,29). The third-order valence-corrected chi connectivity index (χ3v) is 5.43. The van der Waals surface area contributed by atoms with Gasteiger partial charge in [0.15, 0.2) is 23.9 Å². The number of rotatable bonds is 8. The van der Waals surface area contributed by atoms with Gasteiger partial charge < -0.3 is 19.5 Å². The fourth-order valence-electron chi connectivity index (χ4n) is 3.46. The molecule has 0 unspecified atom stereocenters. The molecule has 3 aromatic carbocycles. The van der Waals surface area contributed by atoms with Gasteiger partial charge in [0.05, 0.1) is 5.56 Å². The lowest BCUT2D eigenvalue weighted by atomic mass is 9.98. The third kappa shape index (κ3) is 5.74. The zero-order valence-corrected chi connectivity index (χ0v) is 19.0. The average molecular weight is 480 g/mol. The molecule has 0 saturated carbocycles. The first-order valence-electron chi connectivity index (χ1n) is 10.7. The highest BCUT2D eigenvalue weighted by Gasteiger charge is 2.22. The van der Waals surface area contributed by atoms with E-state index in [9.17, 15) is 14.4 Å². The Morgan fingerprint density at radius 1 is 0.882 bits per heavy atom. The fraction of sp³-hybridized carbons (Fsp3) is 0.192. The van der Waals surface area contributed by atoms with Gasteiger partial charge in [-0.1, -0.05) is 41.9 Å². The highest BCUT2D eigenvalue weighted by atomic mass is 35.5. The second kappa shape index (κ2) is 10.9. The lowest BCUT2D eigenvalue weighted by Gasteiger charge is -2.18. The number of ether oxygens (including phenoxy) is 3. The van der Waals surface area contributed by atoms with E-state index in [0.29, 0.717) is 48.3 Å². The summed E-state index contributed by atoms with van der Waals surface area (Å²) >= 11 is 5.86. The van der Waals surface area contributed by atoms with E-state index >= 15 is 0 Å². The van der Waals surface area contributed by atoms with Crippen LogP contribution in [0.15, 0.2) is 66.7 Å². The molecule has 0 atom stereocenters. The zero-order chi connectivity index (χ0) is 23.9. The van der Waals surface area contributed by atoms with E-state index in [2.05, 4.69) is 5.32 Å². The summed E-state index contributed by atoms with van der Waals surface area (Å²) < 4.78 is 16.2. The van der Waals surface area contributed by atoms with Gasteiger partial charge in [-0.25, -0.2) is 4.79 Å². The molecule has 1 aliphatic heterocycles. The molecule has 0 radical (unpaired) electrons. The molecular formula is C26H22ClNO6. The maximum Gasteiger partial charge on any atom is 0.339 e. The number of benzene rings is 3. The second-order valence-corrected chi connectivity index (χ2v) is 7.97. The summed E-state index contributed by atoms with van der Waals surface area (Å²) in [4.78, 5) is 37.9. The van der Waals surface area contributed by atoms with Gasteiger partial charge >= 0.3 is 5.97 Å². The third-order valence-electron chi connectivity index (χ3n) is 5.18. The monoisotopic (exact) mass is 479 g/mol. The number of carbonyl (C=O) groups is 3. The van der Waals surface area contributed by atoms with Gasteiger partial charge in [-0.2, -0.15) is 0 Å². The summed E-state index contributed by atoms with van der Waals surface area (Å²) in [6.07, 6.45) is 0.615. The van der Waals surface area contributed by atoms with Gasteiger partial charge in [0.2, 0.25) is 0 Å². The minimum atomic E-state index is -0.755. The Morgan fingerprint density at radius 2 is 1.59 bits per heavy atom. The number of esters is 1. The summed E-state index contributed by atoms with van der Waals surface area (Å²) in [7, 11) is 0. The van der Waals surface area contributed by atoms with Crippen LogP contribution in [0.4, 0.5) is 0 Å². The molecular weight excluding hydrogens is 458 g/mol. The maximum atomic E-state index is 13.1. The van der Waals surface area contributed by atoms with Crippen LogP contribution in [0.5, 0.6) is 11.5 Å². The van der Waals surface area contributed by atoms with Crippen molar-refractivity contribution in [1.82, 2.24) is 5.32 Å². The van der Waals surface area contributed by atoms with E-state index in [1.807, 2.05) is 12.1 Å². The van der Waals surface area contributed by atoms with Crippen molar-refractivity contribution in [3.8, 4) is 11.5 Å². The molecule has 1 N–H and O–H groups in total. The van der Waals surface area contributed by atoms with Crippen molar-refractivity contribution < 1.29 is 28.6 Å². The van der Waals surface area contributed by atoms with Crippen LogP contribution in [-0.4, -0.2) is 44.0 Å². The number of halogens is 1. The Morgan fingerprint density at radius 3 is 2.35 bits per heavy atom. The van der Waals surface area contributed by atoms with Crippen molar-refractivity contribution in [2.45, 2.75) is 6.42 Å². The first-order chi connectivity index (χ1) is 16.5. The quantitative estimate of drug-likeness (QED) is 0.390. The molecule has 0 spiro atoms. The highest BCUT2D eigenvalue weighted by molar-refractivity contribution is 6.30. The van der Waals surface area contributed by atoms with Gasteiger partial charge in [0, 0.05) is 22.7 Å². The predicted molar refractivity (Wildman–Crippen MR) is 126 cm³/mol. The lowest BCUT2D eigenvalue weighted by molar-refractivity contribution is -0.124. The van der Waals surface area contributed by atoms with Crippen LogP contribution < -0.4 is 14.8 Å². The molecule has 1 heterocycles. The SMILES string of the molecule is O=C(COC(=O)c1ccccc1C(=O)c1ccc2c(c1)OCCO2)NCCc1ccc(Cl)cc1. The van der Waals surface area contributed by atoms with Crippen LogP contribution in [0.2, 0.25) is 5.02 Å². The lowest BCUT2D eigenvalue weighted by Crippen LogP contribution is -2.30. The van der Waals surface area contributed by atoms with Crippen molar-refractivity contribution in [2.24, 2.45) is 0 Å². The number of carbonyl (C=O) groups excluding carboxylic acids is 3. The van der Waals surface area contributed by atoms with Crippen molar-refractivity contribution in [3.63, 3.8) is 0 Å². The number of hydrogen-bond donors (Lipinski definition) is 1. The van der Waals surface area contributed by atoms with Gasteiger partial charge in [0.1, 0.15) is 13.2 Å². The van der Waals surface area contributed by atoms with Gasteiger partial charge in [-0.3, -0.25) is 9.59 Å². The Kier molecular flexibility index (Phi) is 7.44. The molecule has 7 nitrogen and oxygen atoms in total. The van der Waals surface area contributed by atoms with Gasteiger partial charge in [-0.05, 0) is 48.4 Å². The maximum absolute atomic E-state index is 13.1. The van der Waals surface area contributed by atoms with E-state index in [1.54, 1.807) is 48.5 Å². The molecule has 3 aromatic rings. The summed E-state index contributed by atoms with van der Waals surface area (Å²) in [5.41, 5.74) is 1.63. The molecule has 0 fully saturated rings. The van der Waals surface area contributed by atoms with Crippen LogP contribution in [0, 0.1) is 0 Å². The van der Waals surface area contributed by atoms with E-state index in [4.69, 9.17) is 25.8 Å². The van der Waals surface area contributed by atoms with Gasteiger partial charge in [-0.15, -0.1) is 0 Å². The average Bonchev–Trinajstić information content (AvgIpc) is 2.87. The minimum Gasteiger partial charge on any atom is -0.486 e. The molecule has 1 aliphatic rings. The largest absolute Gasteiger partial charge is 0.486 e. The smallest absolute Gasteiger partial charge is 0.339 e. The van der Waals surface area contributed by atoms with Crippen LogP contribution in [0.25, 0.3) is 0 Å². The summed E-state index contributed by atoms with van der Waals surface area (Å²) in [6.45, 7) is 0.780. The van der Waals surface area contributed by atoms with Crippen molar-refractivity contribution >= 4 is 29.3 Å². The molecule has 0 aromatic heterocycles. The summed E-state index contributed by atoms with van der Waals surface area (Å²) in [5.74, 6) is -0.505. The number of nitrogens with one attached hydrogen (secondary N) is 1. The Hall–Kier alpha value is -3.84. The highest BCUT2D eigenvalue weighted by Crippen LogP contribution is 2.31. The number of ketones is 1. The van der Waals surface area contributed by atoms with Crippen LogP contribution >= 0.6 is 11.6 Å². The predicted octanol–water partition coefficient (Wildman–Crippen LogP) is 3.86. The first-order valence-corrected chi connectivity index (χ1v) is 11.1. The molecule has 174 valence electrons. The van der Waals surface area contributed by atoms with Gasteiger partial charge in [0.25, 0.3) is 5.91 Å². The van der Waals surface area contributed by atoms with Crippen LogP contribution in [0.3, 0.4) is 0 Å². The van der Waals surface area contributed by atoms with E-state index in [1.165, 1.54) is 6.07 Å². The number of hydrogen-bond acceptors (Lipinski definition) is 6. The molecule has 0 aliphatic carbocycles. The van der Waals surface area contributed by atoms with E-state index < -0.39 is 18.5 Å². The van der Waals surface area contributed by atoms with Crippen LogP contribution in [-0.2, 0) is 16.0 Å². The molecule has 0 bridgehead atoms. The summed E-state index contributed by atoms with van der Waals surface area (Å²) in [6, 6.07) is 18.5.